The molecule has 2 aromatic rings. The minimum absolute atomic E-state index is 0.0178. The lowest BCUT2D eigenvalue weighted by atomic mass is 10.1. The third kappa shape index (κ3) is 5.65. The maximum Gasteiger partial charge on any atom is 0.311 e. The van der Waals surface area contributed by atoms with E-state index < -0.39 is 17.7 Å². The van der Waals surface area contributed by atoms with Gasteiger partial charge in [0.2, 0.25) is 11.8 Å². The largest absolute Gasteiger partial charge is 0.464 e. The molecule has 0 radical (unpaired) electrons. The fourth-order valence-electron chi connectivity index (χ4n) is 3.33. The van der Waals surface area contributed by atoms with E-state index in [9.17, 15) is 18.8 Å². The molecule has 2 aromatic carbocycles. The summed E-state index contributed by atoms with van der Waals surface area (Å²) in [6.45, 7) is 2.33. The molecule has 0 saturated carbocycles. The van der Waals surface area contributed by atoms with Gasteiger partial charge in [0.15, 0.2) is 0 Å². The number of halogens is 1. The van der Waals surface area contributed by atoms with Gasteiger partial charge in [-0.3, -0.25) is 14.4 Å². The molecule has 0 aliphatic carbocycles. The van der Waals surface area contributed by atoms with Crippen molar-refractivity contribution in [3.05, 3.63) is 65.5 Å². The normalized spacial score (nSPS) is 15.9. The first-order valence-electron chi connectivity index (χ1n) is 9.98. The van der Waals surface area contributed by atoms with E-state index in [2.05, 4.69) is 5.32 Å². The smallest absolute Gasteiger partial charge is 0.311 e. The van der Waals surface area contributed by atoms with E-state index in [1.165, 1.54) is 22.6 Å². The number of carbonyl (C=O) groups is 3. The van der Waals surface area contributed by atoms with Gasteiger partial charge in [-0.25, -0.2) is 4.39 Å². The van der Waals surface area contributed by atoms with Crippen LogP contribution in [0.1, 0.15) is 24.0 Å². The lowest BCUT2D eigenvalue weighted by Crippen LogP contribution is -2.30. The Balaban J connectivity index is 1.36. The van der Waals surface area contributed by atoms with Crippen molar-refractivity contribution in [1.82, 2.24) is 5.32 Å². The summed E-state index contributed by atoms with van der Waals surface area (Å²) in [6.07, 6.45) is 0.976. The Hall–Kier alpha value is -3.22. The van der Waals surface area contributed by atoms with E-state index in [1.807, 2.05) is 31.2 Å². The predicted molar refractivity (Wildman–Crippen MR) is 110 cm³/mol. The number of hydrogen-bond acceptors (Lipinski definition) is 4. The van der Waals surface area contributed by atoms with Crippen molar-refractivity contribution < 1.29 is 23.5 Å². The van der Waals surface area contributed by atoms with Crippen molar-refractivity contribution in [2.75, 3.05) is 24.6 Å². The number of aryl methyl sites for hydroxylation is 2. The van der Waals surface area contributed by atoms with Gasteiger partial charge in [-0.1, -0.05) is 42.0 Å². The number of carbonyl (C=O) groups excluding carboxylic acids is 3. The number of anilines is 1. The third-order valence-electron chi connectivity index (χ3n) is 5.03. The molecule has 1 fully saturated rings. The molecule has 1 saturated heterocycles. The average Bonchev–Trinajstić information content (AvgIpc) is 3.12. The zero-order valence-corrected chi connectivity index (χ0v) is 16.9. The van der Waals surface area contributed by atoms with E-state index in [-0.39, 0.29) is 43.6 Å². The highest BCUT2D eigenvalue weighted by molar-refractivity contribution is 5.99. The van der Waals surface area contributed by atoms with Gasteiger partial charge in [-0.15, -0.1) is 0 Å². The summed E-state index contributed by atoms with van der Waals surface area (Å²) in [5.74, 6) is -2.10. The van der Waals surface area contributed by atoms with Crippen molar-refractivity contribution in [2.24, 2.45) is 5.92 Å². The second kappa shape index (κ2) is 10.0. The summed E-state index contributed by atoms with van der Waals surface area (Å²) >= 11 is 0. The van der Waals surface area contributed by atoms with Crippen LogP contribution in [0.25, 0.3) is 0 Å². The van der Waals surface area contributed by atoms with Crippen LogP contribution in [0.2, 0.25) is 0 Å². The number of nitrogens with zero attached hydrogens (tertiary/aromatic N) is 1. The Labute approximate surface area is 175 Å². The molecule has 0 spiro atoms. The maximum atomic E-state index is 13.9. The summed E-state index contributed by atoms with van der Waals surface area (Å²) in [4.78, 5) is 37.6. The number of ether oxygens (including phenoxy) is 1. The molecule has 158 valence electrons. The molecule has 1 atom stereocenters. The molecule has 7 heteroatoms. The van der Waals surface area contributed by atoms with Gasteiger partial charge in [0.05, 0.1) is 18.2 Å². The first kappa shape index (κ1) is 21.5. The van der Waals surface area contributed by atoms with Crippen LogP contribution in [-0.4, -0.2) is 37.5 Å². The van der Waals surface area contributed by atoms with E-state index in [0.717, 1.165) is 5.56 Å². The average molecular weight is 412 g/mol. The summed E-state index contributed by atoms with van der Waals surface area (Å²) in [6, 6.07) is 14.0. The molecule has 0 aromatic heterocycles. The van der Waals surface area contributed by atoms with Gasteiger partial charge in [0.1, 0.15) is 12.4 Å². The second-order valence-electron chi connectivity index (χ2n) is 7.36. The van der Waals surface area contributed by atoms with E-state index >= 15 is 0 Å². The van der Waals surface area contributed by atoms with Gasteiger partial charge in [-0.2, -0.15) is 0 Å². The lowest BCUT2D eigenvalue weighted by molar-refractivity contribution is -0.148. The topological polar surface area (TPSA) is 75.7 Å². The summed E-state index contributed by atoms with van der Waals surface area (Å²) in [5, 5.41) is 2.72. The monoisotopic (exact) mass is 412 g/mol. The molecule has 1 aliphatic rings. The second-order valence-corrected chi connectivity index (χ2v) is 7.36. The van der Waals surface area contributed by atoms with Crippen LogP contribution >= 0.6 is 0 Å². The molecule has 1 N–H and O–H groups in total. The van der Waals surface area contributed by atoms with Crippen LogP contribution in [0.5, 0.6) is 0 Å². The maximum absolute atomic E-state index is 13.9. The first-order chi connectivity index (χ1) is 14.4. The number of rotatable bonds is 8. The molecule has 0 bridgehead atoms. The highest BCUT2D eigenvalue weighted by Gasteiger charge is 2.37. The van der Waals surface area contributed by atoms with Crippen molar-refractivity contribution in [3.63, 3.8) is 0 Å². The summed E-state index contributed by atoms with van der Waals surface area (Å²) in [5.41, 5.74) is 2.43. The molecule has 3 rings (SSSR count). The predicted octanol–water partition coefficient (Wildman–Crippen LogP) is 2.78. The Kier molecular flexibility index (Phi) is 7.17. The highest BCUT2D eigenvalue weighted by Crippen LogP contribution is 2.27. The van der Waals surface area contributed by atoms with E-state index in [1.54, 1.807) is 12.1 Å². The van der Waals surface area contributed by atoms with Crippen LogP contribution in [-0.2, 0) is 25.5 Å². The fraction of sp³-hybridized carbons (Fsp3) is 0.348. The molecule has 1 unspecified atom stereocenters. The Morgan fingerprint density at radius 2 is 1.90 bits per heavy atom. The Bertz CT molecular complexity index is 914. The number of para-hydroxylation sites is 1. The molecule has 30 heavy (non-hydrogen) atoms. The lowest BCUT2D eigenvalue weighted by Gasteiger charge is -2.17. The first-order valence-corrected chi connectivity index (χ1v) is 9.98. The van der Waals surface area contributed by atoms with Gasteiger partial charge in [0, 0.05) is 19.4 Å². The number of amides is 2. The van der Waals surface area contributed by atoms with E-state index in [4.69, 9.17) is 4.74 Å². The van der Waals surface area contributed by atoms with Gasteiger partial charge in [-0.05, 0) is 31.0 Å². The summed E-state index contributed by atoms with van der Waals surface area (Å²) in [7, 11) is 0. The molecule has 6 nitrogen and oxygen atoms in total. The molecule has 1 heterocycles. The van der Waals surface area contributed by atoms with Crippen LogP contribution in [0.4, 0.5) is 10.1 Å². The van der Waals surface area contributed by atoms with Crippen molar-refractivity contribution >= 4 is 23.5 Å². The molecule has 2 amide bonds. The van der Waals surface area contributed by atoms with Crippen molar-refractivity contribution in [1.29, 1.82) is 0 Å². The molecular weight excluding hydrogens is 387 g/mol. The highest BCUT2D eigenvalue weighted by atomic mass is 19.1. The van der Waals surface area contributed by atoms with Crippen LogP contribution in [0, 0.1) is 18.7 Å². The zero-order valence-electron chi connectivity index (χ0n) is 16.9. The van der Waals surface area contributed by atoms with Crippen molar-refractivity contribution in [2.45, 2.75) is 26.2 Å². The number of hydrogen-bond donors (Lipinski definition) is 1. The SMILES string of the molecule is Cc1ccc(CCC(=O)NCCOC(=O)C2CC(=O)N(c3ccccc3F)C2)cc1. The number of esters is 1. The minimum atomic E-state index is -0.644. The van der Waals surface area contributed by atoms with Crippen LogP contribution < -0.4 is 10.2 Å². The Morgan fingerprint density at radius 1 is 1.17 bits per heavy atom. The van der Waals surface area contributed by atoms with Gasteiger partial charge < -0.3 is 15.0 Å². The fourth-order valence-corrected chi connectivity index (χ4v) is 3.33. The minimum Gasteiger partial charge on any atom is -0.464 e. The zero-order chi connectivity index (χ0) is 21.5. The van der Waals surface area contributed by atoms with Gasteiger partial charge >= 0.3 is 5.97 Å². The Morgan fingerprint density at radius 3 is 2.63 bits per heavy atom. The number of nitrogens with one attached hydrogen (secondary N) is 1. The standard InChI is InChI=1S/C23H25FN2O4/c1-16-6-8-17(9-7-16)10-11-21(27)25-12-13-30-23(29)18-14-22(28)26(15-18)20-5-3-2-4-19(20)24/h2-9,18H,10-15H2,1H3,(H,25,27). The van der Waals surface area contributed by atoms with Crippen LogP contribution in [0.15, 0.2) is 48.5 Å². The van der Waals surface area contributed by atoms with Gasteiger partial charge in [0.25, 0.3) is 0 Å². The molecular formula is C23H25FN2O4. The number of benzene rings is 2. The van der Waals surface area contributed by atoms with Crippen molar-refractivity contribution in [3.8, 4) is 0 Å². The molecule has 1 aliphatic heterocycles. The van der Waals surface area contributed by atoms with Crippen LogP contribution in [0.3, 0.4) is 0 Å². The van der Waals surface area contributed by atoms with E-state index in [0.29, 0.717) is 12.8 Å². The third-order valence-corrected chi connectivity index (χ3v) is 5.03. The quantitative estimate of drug-likeness (QED) is 0.534. The summed E-state index contributed by atoms with van der Waals surface area (Å²) < 4.78 is 19.1.